The summed E-state index contributed by atoms with van der Waals surface area (Å²) in [5.74, 6) is 2.50. The zero-order valence-electron chi connectivity index (χ0n) is 22.3. The van der Waals surface area contributed by atoms with E-state index in [4.69, 9.17) is 19.2 Å². The van der Waals surface area contributed by atoms with Gasteiger partial charge in [-0.3, -0.25) is 14.7 Å². The Labute approximate surface area is 219 Å². The van der Waals surface area contributed by atoms with Crippen molar-refractivity contribution in [2.45, 2.75) is 38.6 Å². The van der Waals surface area contributed by atoms with E-state index in [0.29, 0.717) is 30.0 Å². The van der Waals surface area contributed by atoms with Crippen LogP contribution in [0.5, 0.6) is 17.2 Å². The van der Waals surface area contributed by atoms with Crippen LogP contribution in [0.25, 0.3) is 0 Å². The highest BCUT2D eigenvalue weighted by molar-refractivity contribution is 5.95. The summed E-state index contributed by atoms with van der Waals surface area (Å²) < 4.78 is 16.2. The molecule has 0 aliphatic carbocycles. The average molecular weight is 504 g/mol. The molecule has 2 heterocycles. The standard InChI is InChI=1S/C30H37N3O4/c1-21-9-11-25(30(34)31-16-13-22-10-12-27(36-3)28(19-22)37-4)29(32-21)23-14-17-33(18-15-23)20-24-7-5-6-8-26(24)35-2/h5-12,19,23H,13-18,20H2,1-4H3,(H,31,34). The van der Waals surface area contributed by atoms with Crippen molar-refractivity contribution in [3.05, 3.63) is 82.7 Å². The van der Waals surface area contributed by atoms with Crippen LogP contribution in [0, 0.1) is 6.92 Å². The Bertz CT molecular complexity index is 1210. The Morgan fingerprint density at radius 2 is 1.68 bits per heavy atom. The van der Waals surface area contributed by atoms with E-state index in [1.165, 1.54) is 5.56 Å². The van der Waals surface area contributed by atoms with Gasteiger partial charge in [-0.2, -0.15) is 0 Å². The molecule has 4 rings (SSSR count). The predicted molar refractivity (Wildman–Crippen MR) is 145 cm³/mol. The molecule has 3 aromatic rings. The molecule has 1 aliphatic heterocycles. The molecule has 0 radical (unpaired) electrons. The third-order valence-corrected chi connectivity index (χ3v) is 7.02. The largest absolute Gasteiger partial charge is 0.496 e. The topological polar surface area (TPSA) is 72.9 Å². The zero-order chi connectivity index (χ0) is 26.2. The van der Waals surface area contributed by atoms with E-state index in [-0.39, 0.29) is 11.8 Å². The van der Waals surface area contributed by atoms with E-state index >= 15 is 0 Å². The van der Waals surface area contributed by atoms with Gasteiger partial charge in [-0.25, -0.2) is 0 Å². The fraction of sp³-hybridized carbons (Fsp3) is 0.400. The number of amides is 1. The molecule has 1 N–H and O–H groups in total. The van der Waals surface area contributed by atoms with Crippen LogP contribution in [-0.4, -0.2) is 56.8 Å². The summed E-state index contributed by atoms with van der Waals surface area (Å²) in [7, 11) is 4.96. The number of methoxy groups -OCH3 is 3. The monoisotopic (exact) mass is 503 g/mol. The first-order chi connectivity index (χ1) is 18.0. The average Bonchev–Trinajstić information content (AvgIpc) is 2.93. The Kier molecular flexibility index (Phi) is 9.01. The molecular formula is C30H37N3O4. The number of likely N-dealkylation sites (tertiary alicyclic amines) is 1. The summed E-state index contributed by atoms with van der Waals surface area (Å²) >= 11 is 0. The SMILES string of the molecule is COc1ccccc1CN1CCC(c2nc(C)ccc2C(=O)NCCc2ccc(OC)c(OC)c2)CC1. The molecule has 0 unspecified atom stereocenters. The second kappa shape index (κ2) is 12.6. The Hall–Kier alpha value is -3.58. The Balaban J connectivity index is 1.37. The fourth-order valence-electron chi connectivity index (χ4n) is 4.97. The maximum atomic E-state index is 13.2. The van der Waals surface area contributed by atoms with Crippen LogP contribution in [0.3, 0.4) is 0 Å². The molecule has 196 valence electrons. The van der Waals surface area contributed by atoms with E-state index in [2.05, 4.69) is 22.3 Å². The van der Waals surface area contributed by atoms with Gasteiger partial charge < -0.3 is 19.5 Å². The number of ether oxygens (including phenoxy) is 3. The first kappa shape index (κ1) is 26.5. The summed E-state index contributed by atoms with van der Waals surface area (Å²) in [5, 5.41) is 3.09. The summed E-state index contributed by atoms with van der Waals surface area (Å²) in [6.07, 6.45) is 2.64. The number of piperidine rings is 1. The molecule has 37 heavy (non-hydrogen) atoms. The molecule has 0 saturated carbocycles. The van der Waals surface area contributed by atoms with Gasteiger partial charge in [-0.1, -0.05) is 24.3 Å². The second-order valence-corrected chi connectivity index (χ2v) is 9.44. The maximum absolute atomic E-state index is 13.2. The molecule has 1 saturated heterocycles. The lowest BCUT2D eigenvalue weighted by Crippen LogP contribution is -2.34. The van der Waals surface area contributed by atoms with Gasteiger partial charge in [0.05, 0.1) is 32.6 Å². The third kappa shape index (κ3) is 6.60. The second-order valence-electron chi connectivity index (χ2n) is 9.44. The fourth-order valence-corrected chi connectivity index (χ4v) is 4.97. The minimum absolute atomic E-state index is 0.0700. The molecule has 1 aliphatic rings. The molecule has 1 aromatic heterocycles. The van der Waals surface area contributed by atoms with Gasteiger partial charge in [0.1, 0.15) is 5.75 Å². The van der Waals surface area contributed by atoms with Gasteiger partial charge in [0, 0.05) is 30.3 Å². The number of hydrogen-bond acceptors (Lipinski definition) is 6. The number of nitrogens with zero attached hydrogens (tertiary/aromatic N) is 2. The van der Waals surface area contributed by atoms with Crippen molar-refractivity contribution in [2.75, 3.05) is 41.0 Å². The first-order valence-electron chi connectivity index (χ1n) is 12.8. The number of carbonyl (C=O) groups excluding carboxylic acids is 1. The van der Waals surface area contributed by atoms with Gasteiger partial charge in [0.25, 0.3) is 5.91 Å². The van der Waals surface area contributed by atoms with Crippen molar-refractivity contribution in [1.82, 2.24) is 15.2 Å². The minimum atomic E-state index is -0.0700. The van der Waals surface area contributed by atoms with E-state index in [1.54, 1.807) is 21.3 Å². The number of aryl methyl sites for hydroxylation is 1. The lowest BCUT2D eigenvalue weighted by Gasteiger charge is -2.32. The van der Waals surface area contributed by atoms with Crippen molar-refractivity contribution in [3.63, 3.8) is 0 Å². The number of benzene rings is 2. The molecular weight excluding hydrogens is 466 g/mol. The number of pyridine rings is 1. The summed E-state index contributed by atoms with van der Waals surface area (Å²) in [5.41, 5.74) is 4.81. The summed E-state index contributed by atoms with van der Waals surface area (Å²) in [6.45, 7) is 5.29. The van der Waals surface area contributed by atoms with Gasteiger partial charge in [0.2, 0.25) is 0 Å². The number of nitrogens with one attached hydrogen (secondary N) is 1. The molecule has 1 fully saturated rings. The number of carbonyl (C=O) groups is 1. The number of rotatable bonds is 10. The predicted octanol–water partition coefficient (Wildman–Crippen LogP) is 4.77. The van der Waals surface area contributed by atoms with Crippen molar-refractivity contribution in [3.8, 4) is 17.2 Å². The highest BCUT2D eigenvalue weighted by Crippen LogP contribution is 2.31. The molecule has 2 aromatic carbocycles. The number of aromatic nitrogens is 1. The quantitative estimate of drug-likeness (QED) is 0.430. The summed E-state index contributed by atoms with van der Waals surface area (Å²) in [4.78, 5) is 20.5. The van der Waals surface area contributed by atoms with Crippen LogP contribution >= 0.6 is 0 Å². The number of para-hydroxylation sites is 1. The van der Waals surface area contributed by atoms with Crippen molar-refractivity contribution >= 4 is 5.91 Å². The van der Waals surface area contributed by atoms with Gasteiger partial charge in [0.15, 0.2) is 11.5 Å². The normalized spacial score (nSPS) is 14.3. The van der Waals surface area contributed by atoms with Crippen LogP contribution in [0.15, 0.2) is 54.6 Å². The van der Waals surface area contributed by atoms with E-state index in [1.807, 2.05) is 49.4 Å². The van der Waals surface area contributed by atoms with Crippen molar-refractivity contribution < 1.29 is 19.0 Å². The van der Waals surface area contributed by atoms with Crippen LogP contribution in [-0.2, 0) is 13.0 Å². The molecule has 0 atom stereocenters. The van der Waals surface area contributed by atoms with Crippen LogP contribution in [0.1, 0.15) is 51.6 Å². The van der Waals surface area contributed by atoms with Crippen LogP contribution in [0.2, 0.25) is 0 Å². The maximum Gasteiger partial charge on any atom is 0.253 e. The number of hydrogen-bond donors (Lipinski definition) is 1. The van der Waals surface area contributed by atoms with Crippen molar-refractivity contribution in [1.29, 1.82) is 0 Å². The van der Waals surface area contributed by atoms with Gasteiger partial charge in [-0.05, 0) is 75.2 Å². The van der Waals surface area contributed by atoms with Crippen molar-refractivity contribution in [2.24, 2.45) is 0 Å². The zero-order valence-corrected chi connectivity index (χ0v) is 22.3. The van der Waals surface area contributed by atoms with E-state index < -0.39 is 0 Å². The molecule has 0 spiro atoms. The molecule has 7 nitrogen and oxygen atoms in total. The minimum Gasteiger partial charge on any atom is -0.496 e. The molecule has 1 amide bonds. The van der Waals surface area contributed by atoms with Gasteiger partial charge in [-0.15, -0.1) is 0 Å². The smallest absolute Gasteiger partial charge is 0.253 e. The first-order valence-corrected chi connectivity index (χ1v) is 12.8. The molecule has 0 bridgehead atoms. The lowest BCUT2D eigenvalue weighted by molar-refractivity contribution is 0.0951. The van der Waals surface area contributed by atoms with Crippen LogP contribution in [0.4, 0.5) is 0 Å². The highest BCUT2D eigenvalue weighted by Gasteiger charge is 2.26. The molecule has 7 heteroatoms. The summed E-state index contributed by atoms with van der Waals surface area (Å²) in [6, 6.07) is 17.8. The van der Waals surface area contributed by atoms with Crippen LogP contribution < -0.4 is 19.5 Å². The Morgan fingerprint density at radius 1 is 0.946 bits per heavy atom. The lowest BCUT2D eigenvalue weighted by atomic mass is 9.89. The van der Waals surface area contributed by atoms with Gasteiger partial charge >= 0.3 is 0 Å². The Morgan fingerprint density at radius 3 is 2.41 bits per heavy atom. The van der Waals surface area contributed by atoms with E-state index in [0.717, 1.165) is 55.2 Å². The van der Waals surface area contributed by atoms with E-state index in [9.17, 15) is 4.79 Å². The highest BCUT2D eigenvalue weighted by atomic mass is 16.5. The third-order valence-electron chi connectivity index (χ3n) is 7.02.